The maximum Gasteiger partial charge on any atom is 0.243 e. The number of nitrogens with zero attached hydrogens (tertiary/aromatic N) is 2. The molecule has 0 amide bonds. The molecule has 0 aliphatic carbocycles. The number of benzene rings is 1. The highest BCUT2D eigenvalue weighted by Crippen LogP contribution is 2.30. The Morgan fingerprint density at radius 2 is 2.04 bits per heavy atom. The van der Waals surface area contributed by atoms with E-state index in [1.54, 1.807) is 28.8 Å². The molecule has 1 N–H and O–H groups in total. The molecule has 6 nitrogen and oxygen atoms in total. The Labute approximate surface area is 153 Å². The number of hydrogen-bond acceptors (Lipinski definition) is 5. The Kier molecular flexibility index (Phi) is 5.41. The Morgan fingerprint density at radius 1 is 1.20 bits per heavy atom. The molecule has 134 valence electrons. The molecule has 25 heavy (non-hydrogen) atoms. The molecule has 1 saturated heterocycles. The van der Waals surface area contributed by atoms with Crippen molar-refractivity contribution in [2.24, 2.45) is 0 Å². The number of fused-ring (bicyclic) bond motifs is 1. The molecule has 0 saturated carbocycles. The van der Waals surface area contributed by atoms with Gasteiger partial charge in [0.05, 0.1) is 24.2 Å². The van der Waals surface area contributed by atoms with Gasteiger partial charge in [0.15, 0.2) is 0 Å². The van der Waals surface area contributed by atoms with E-state index in [0.29, 0.717) is 37.7 Å². The van der Waals surface area contributed by atoms with Gasteiger partial charge in [-0.3, -0.25) is 4.98 Å². The highest BCUT2D eigenvalue weighted by Gasteiger charge is 2.35. The van der Waals surface area contributed by atoms with E-state index in [4.69, 9.17) is 4.74 Å². The topological polar surface area (TPSA) is 71.5 Å². The van der Waals surface area contributed by atoms with Gasteiger partial charge < -0.3 is 10.1 Å². The number of ether oxygens (including phenoxy) is 1. The Bertz CT molecular complexity index is 845. The van der Waals surface area contributed by atoms with Crippen LogP contribution in [-0.2, 0) is 28.0 Å². The van der Waals surface area contributed by atoms with E-state index in [2.05, 4.69) is 10.3 Å². The summed E-state index contributed by atoms with van der Waals surface area (Å²) in [5.41, 5.74) is 2.93. The zero-order valence-electron chi connectivity index (χ0n) is 13.6. The zero-order valence-corrected chi connectivity index (χ0v) is 15.2. The van der Waals surface area contributed by atoms with Gasteiger partial charge in [0.1, 0.15) is 0 Å². The summed E-state index contributed by atoms with van der Waals surface area (Å²) in [4.78, 5) is 4.47. The first kappa shape index (κ1) is 18.3. The van der Waals surface area contributed by atoms with Crippen molar-refractivity contribution in [2.75, 3.05) is 19.6 Å². The summed E-state index contributed by atoms with van der Waals surface area (Å²) in [5, 5.41) is 3.27. The molecule has 0 spiro atoms. The Morgan fingerprint density at radius 3 is 2.84 bits per heavy atom. The highest BCUT2D eigenvalue weighted by molar-refractivity contribution is 7.89. The van der Waals surface area contributed by atoms with Crippen molar-refractivity contribution in [1.29, 1.82) is 0 Å². The van der Waals surface area contributed by atoms with E-state index < -0.39 is 10.0 Å². The van der Waals surface area contributed by atoms with Crippen LogP contribution in [0.15, 0.2) is 47.6 Å². The molecule has 1 aromatic carbocycles. The minimum atomic E-state index is -3.57. The molecule has 1 aromatic heterocycles. The fourth-order valence-corrected chi connectivity index (χ4v) is 4.94. The van der Waals surface area contributed by atoms with Crippen molar-refractivity contribution in [3.05, 3.63) is 59.4 Å². The second-order valence-electron chi connectivity index (χ2n) is 6.05. The minimum absolute atomic E-state index is 0. The van der Waals surface area contributed by atoms with E-state index in [9.17, 15) is 8.42 Å². The Hall–Kier alpha value is -1.51. The molecule has 1 atom stereocenters. The van der Waals surface area contributed by atoms with Gasteiger partial charge in [-0.15, -0.1) is 12.4 Å². The van der Waals surface area contributed by atoms with Crippen LogP contribution in [0, 0.1) is 0 Å². The molecule has 2 aliphatic rings. The van der Waals surface area contributed by atoms with Crippen LogP contribution < -0.4 is 5.32 Å². The molecule has 1 fully saturated rings. The third-order valence-corrected chi connectivity index (χ3v) is 6.47. The van der Waals surface area contributed by atoms with Gasteiger partial charge in [0.25, 0.3) is 0 Å². The number of piperazine rings is 1. The molecule has 0 bridgehead atoms. The van der Waals surface area contributed by atoms with Crippen LogP contribution in [0.3, 0.4) is 0 Å². The van der Waals surface area contributed by atoms with Crippen LogP contribution in [0.4, 0.5) is 0 Å². The van der Waals surface area contributed by atoms with Crippen LogP contribution in [0.25, 0.3) is 0 Å². The highest BCUT2D eigenvalue weighted by atomic mass is 35.5. The fraction of sp³-hybridized carbons (Fsp3) is 0.353. The predicted octanol–water partition coefficient (Wildman–Crippen LogP) is 1.87. The summed E-state index contributed by atoms with van der Waals surface area (Å²) in [6.07, 6.45) is 3.43. The smallest absolute Gasteiger partial charge is 0.243 e. The monoisotopic (exact) mass is 381 g/mol. The van der Waals surface area contributed by atoms with Crippen molar-refractivity contribution in [2.45, 2.75) is 24.2 Å². The average Bonchev–Trinajstić information content (AvgIpc) is 3.10. The lowest BCUT2D eigenvalue weighted by molar-refractivity contribution is 0.134. The van der Waals surface area contributed by atoms with E-state index in [0.717, 1.165) is 16.7 Å². The van der Waals surface area contributed by atoms with Crippen LogP contribution in [0.1, 0.15) is 22.7 Å². The lowest BCUT2D eigenvalue weighted by atomic mass is 10.1. The zero-order chi connectivity index (χ0) is 16.6. The van der Waals surface area contributed by atoms with Gasteiger partial charge in [0, 0.05) is 32.0 Å². The van der Waals surface area contributed by atoms with Gasteiger partial charge in [-0.1, -0.05) is 12.1 Å². The molecule has 2 aromatic rings. The van der Waals surface area contributed by atoms with E-state index in [1.165, 1.54) is 0 Å². The Balaban J connectivity index is 0.00000182. The van der Waals surface area contributed by atoms with Crippen LogP contribution in [0.2, 0.25) is 0 Å². The fourth-order valence-electron chi connectivity index (χ4n) is 3.27. The number of hydrogen-bond donors (Lipinski definition) is 1. The summed E-state index contributed by atoms with van der Waals surface area (Å²) < 4.78 is 33.4. The summed E-state index contributed by atoms with van der Waals surface area (Å²) >= 11 is 0. The van der Waals surface area contributed by atoms with Crippen LogP contribution >= 0.6 is 12.4 Å². The molecule has 3 heterocycles. The maximum absolute atomic E-state index is 13.2. The number of sulfonamides is 1. The standard InChI is InChI=1S/C17H19N3O3S.ClH/c21-24(22,16-4-3-14-11-23-12-15(14)8-16)20-7-6-19-10-17(20)13-2-1-5-18-9-13;/h1-5,8-9,17,19H,6-7,10-12H2;1H. The SMILES string of the molecule is Cl.O=S(=O)(c1ccc2c(c1)COC2)N1CCNCC1c1cccnc1. The quantitative estimate of drug-likeness (QED) is 0.878. The van der Waals surface area contributed by atoms with E-state index in [-0.39, 0.29) is 18.4 Å². The molecule has 0 radical (unpaired) electrons. The number of nitrogens with one attached hydrogen (secondary N) is 1. The lowest BCUT2D eigenvalue weighted by Crippen LogP contribution is -2.48. The number of aromatic nitrogens is 1. The van der Waals surface area contributed by atoms with Gasteiger partial charge in [-0.05, 0) is 34.9 Å². The van der Waals surface area contributed by atoms with Crippen molar-refractivity contribution >= 4 is 22.4 Å². The first-order chi connectivity index (χ1) is 11.7. The lowest BCUT2D eigenvalue weighted by Gasteiger charge is -2.35. The second-order valence-corrected chi connectivity index (χ2v) is 7.94. The van der Waals surface area contributed by atoms with Gasteiger partial charge >= 0.3 is 0 Å². The minimum Gasteiger partial charge on any atom is -0.372 e. The van der Waals surface area contributed by atoms with Crippen molar-refractivity contribution in [1.82, 2.24) is 14.6 Å². The predicted molar refractivity (Wildman–Crippen MR) is 95.9 cm³/mol. The van der Waals surface area contributed by atoms with Gasteiger partial charge in [-0.25, -0.2) is 8.42 Å². The van der Waals surface area contributed by atoms with Gasteiger partial charge in [0.2, 0.25) is 10.0 Å². The van der Waals surface area contributed by atoms with Crippen molar-refractivity contribution in [3.63, 3.8) is 0 Å². The summed E-state index contributed by atoms with van der Waals surface area (Å²) in [6, 6.07) is 8.80. The normalized spacial score (nSPS) is 20.7. The molecular formula is C17H20ClN3O3S. The van der Waals surface area contributed by atoms with Crippen LogP contribution in [0.5, 0.6) is 0 Å². The molecule has 8 heteroatoms. The third kappa shape index (κ3) is 3.43. The number of halogens is 1. The first-order valence-electron chi connectivity index (χ1n) is 7.98. The largest absolute Gasteiger partial charge is 0.372 e. The summed E-state index contributed by atoms with van der Waals surface area (Å²) in [5.74, 6) is 0. The summed E-state index contributed by atoms with van der Waals surface area (Å²) in [7, 11) is -3.57. The van der Waals surface area contributed by atoms with E-state index >= 15 is 0 Å². The summed E-state index contributed by atoms with van der Waals surface area (Å²) in [6.45, 7) is 2.70. The van der Waals surface area contributed by atoms with Gasteiger partial charge in [-0.2, -0.15) is 4.31 Å². The molecular weight excluding hydrogens is 362 g/mol. The molecule has 2 aliphatic heterocycles. The third-order valence-electron chi connectivity index (χ3n) is 4.56. The second kappa shape index (κ2) is 7.39. The number of pyridine rings is 1. The molecule has 1 unspecified atom stereocenters. The van der Waals surface area contributed by atoms with Crippen LogP contribution in [-0.4, -0.2) is 37.3 Å². The number of rotatable bonds is 3. The van der Waals surface area contributed by atoms with E-state index in [1.807, 2.05) is 18.2 Å². The first-order valence-corrected chi connectivity index (χ1v) is 9.42. The maximum atomic E-state index is 13.2. The average molecular weight is 382 g/mol. The van der Waals surface area contributed by atoms with Crippen molar-refractivity contribution in [3.8, 4) is 0 Å². The van der Waals surface area contributed by atoms with Crippen molar-refractivity contribution < 1.29 is 13.2 Å². The molecule has 4 rings (SSSR count).